The summed E-state index contributed by atoms with van der Waals surface area (Å²) in [5, 5.41) is 0. The lowest BCUT2D eigenvalue weighted by Crippen LogP contribution is -2.40. The summed E-state index contributed by atoms with van der Waals surface area (Å²) in [6.07, 6.45) is 9.41. The second-order valence-electron chi connectivity index (χ2n) is 8.81. The maximum Gasteiger partial charge on any atom is 0.222 e. The zero-order valence-electron chi connectivity index (χ0n) is 16.9. The predicted octanol–water partition coefficient (Wildman–Crippen LogP) is 5.29. The van der Waals surface area contributed by atoms with Crippen LogP contribution in [0.2, 0.25) is 0 Å². The van der Waals surface area contributed by atoms with Crippen molar-refractivity contribution in [3.63, 3.8) is 0 Å². The monoisotopic (exact) mass is 367 g/mol. The molecule has 0 N–H and O–H groups in total. The van der Waals surface area contributed by atoms with Gasteiger partial charge >= 0.3 is 0 Å². The number of likely N-dealkylation sites (tertiary alicyclic amines) is 1. The first-order valence-corrected chi connectivity index (χ1v) is 10.9. The summed E-state index contributed by atoms with van der Waals surface area (Å²) >= 11 is 0. The van der Waals surface area contributed by atoms with Gasteiger partial charge in [0.2, 0.25) is 5.91 Å². The Balaban J connectivity index is 1.52. The van der Waals surface area contributed by atoms with Crippen molar-refractivity contribution < 1.29 is 4.79 Å². The lowest BCUT2D eigenvalue weighted by molar-refractivity contribution is -0.133. The first kappa shape index (κ1) is 18.5. The third-order valence-corrected chi connectivity index (χ3v) is 6.47. The standard InChI is InChI=1S/C23H33N3O/c1-17(2)26-21-13-7-6-12-20(21)24-23(26)19-11-8-14-25(16-19)22(27)15-18-9-4-3-5-10-18/h6-7,12-13,17-19H,3-5,8-11,14-16H2,1-2H3. The fourth-order valence-electron chi connectivity index (χ4n) is 5.08. The molecule has 27 heavy (non-hydrogen) atoms. The molecule has 2 aliphatic rings. The molecule has 0 radical (unpaired) electrons. The topological polar surface area (TPSA) is 38.1 Å². The summed E-state index contributed by atoms with van der Waals surface area (Å²) in [6.45, 7) is 6.21. The van der Waals surface area contributed by atoms with E-state index in [1.165, 1.54) is 43.4 Å². The van der Waals surface area contributed by atoms with E-state index in [4.69, 9.17) is 4.98 Å². The number of carbonyl (C=O) groups excluding carboxylic acids is 1. The highest BCUT2D eigenvalue weighted by atomic mass is 16.2. The maximum atomic E-state index is 12.9. The van der Waals surface area contributed by atoms with Crippen LogP contribution in [-0.2, 0) is 4.79 Å². The molecule has 1 aromatic heterocycles. The number of para-hydroxylation sites is 2. The Hall–Kier alpha value is -1.84. The Morgan fingerprint density at radius 1 is 1.11 bits per heavy atom. The van der Waals surface area contributed by atoms with Crippen molar-refractivity contribution in [2.24, 2.45) is 5.92 Å². The van der Waals surface area contributed by atoms with Gasteiger partial charge in [0.1, 0.15) is 5.82 Å². The summed E-state index contributed by atoms with van der Waals surface area (Å²) in [5.41, 5.74) is 2.29. The molecule has 1 saturated heterocycles. The van der Waals surface area contributed by atoms with Gasteiger partial charge in [-0.3, -0.25) is 4.79 Å². The van der Waals surface area contributed by atoms with Gasteiger partial charge in [-0.05, 0) is 57.6 Å². The molecule has 1 aromatic carbocycles. The molecule has 2 fully saturated rings. The Morgan fingerprint density at radius 2 is 1.89 bits per heavy atom. The number of benzene rings is 1. The zero-order valence-corrected chi connectivity index (χ0v) is 16.9. The molecular formula is C23H33N3O. The van der Waals surface area contributed by atoms with Crippen molar-refractivity contribution in [3.05, 3.63) is 30.1 Å². The molecule has 2 heterocycles. The van der Waals surface area contributed by atoms with Crippen molar-refractivity contribution in [1.29, 1.82) is 0 Å². The molecule has 1 aliphatic carbocycles. The van der Waals surface area contributed by atoms with Crippen LogP contribution < -0.4 is 0 Å². The summed E-state index contributed by atoms with van der Waals surface area (Å²) in [7, 11) is 0. The molecule has 1 unspecified atom stereocenters. The van der Waals surface area contributed by atoms with Crippen molar-refractivity contribution in [2.75, 3.05) is 13.1 Å². The van der Waals surface area contributed by atoms with Gasteiger partial charge in [-0.1, -0.05) is 31.4 Å². The van der Waals surface area contributed by atoms with E-state index < -0.39 is 0 Å². The van der Waals surface area contributed by atoms with E-state index in [1.54, 1.807) is 0 Å². The maximum absolute atomic E-state index is 12.9. The molecule has 1 amide bonds. The van der Waals surface area contributed by atoms with E-state index >= 15 is 0 Å². The highest BCUT2D eigenvalue weighted by Crippen LogP contribution is 2.33. The second kappa shape index (κ2) is 8.04. The summed E-state index contributed by atoms with van der Waals surface area (Å²) < 4.78 is 2.38. The second-order valence-corrected chi connectivity index (χ2v) is 8.81. The number of carbonyl (C=O) groups is 1. The highest BCUT2D eigenvalue weighted by Gasteiger charge is 2.30. The summed E-state index contributed by atoms with van der Waals surface area (Å²) in [4.78, 5) is 20.1. The van der Waals surface area contributed by atoms with Gasteiger partial charge in [-0.25, -0.2) is 4.98 Å². The average molecular weight is 368 g/mol. The van der Waals surface area contributed by atoms with Gasteiger partial charge in [0, 0.05) is 31.5 Å². The molecule has 4 rings (SSSR count). The third-order valence-electron chi connectivity index (χ3n) is 6.47. The van der Waals surface area contributed by atoms with Gasteiger partial charge in [-0.2, -0.15) is 0 Å². The largest absolute Gasteiger partial charge is 0.342 e. The number of fused-ring (bicyclic) bond motifs is 1. The fraction of sp³-hybridized carbons (Fsp3) is 0.652. The Labute approximate surface area is 163 Å². The van der Waals surface area contributed by atoms with E-state index in [0.717, 1.165) is 37.9 Å². The minimum absolute atomic E-state index is 0.351. The van der Waals surface area contributed by atoms with E-state index in [-0.39, 0.29) is 0 Å². The van der Waals surface area contributed by atoms with Gasteiger partial charge in [-0.15, -0.1) is 0 Å². The minimum atomic E-state index is 0.351. The quantitative estimate of drug-likeness (QED) is 0.736. The molecule has 1 saturated carbocycles. The third kappa shape index (κ3) is 3.90. The number of amides is 1. The molecule has 4 nitrogen and oxygen atoms in total. The van der Waals surface area contributed by atoms with Crippen molar-refractivity contribution in [2.45, 2.75) is 77.2 Å². The molecule has 0 spiro atoms. The first-order chi connectivity index (χ1) is 13.1. The first-order valence-electron chi connectivity index (χ1n) is 10.9. The molecule has 0 bridgehead atoms. The molecular weight excluding hydrogens is 334 g/mol. The van der Waals surface area contributed by atoms with Crippen LogP contribution in [0.25, 0.3) is 11.0 Å². The average Bonchev–Trinajstić information content (AvgIpc) is 3.09. The molecule has 146 valence electrons. The lowest BCUT2D eigenvalue weighted by Gasteiger charge is -2.34. The number of piperidine rings is 1. The minimum Gasteiger partial charge on any atom is -0.342 e. The fourth-order valence-corrected chi connectivity index (χ4v) is 5.08. The van der Waals surface area contributed by atoms with Crippen LogP contribution in [0.4, 0.5) is 0 Å². The van der Waals surface area contributed by atoms with Crippen LogP contribution >= 0.6 is 0 Å². The molecule has 4 heteroatoms. The van der Waals surface area contributed by atoms with Crippen LogP contribution in [0.3, 0.4) is 0 Å². The van der Waals surface area contributed by atoms with Gasteiger partial charge in [0.05, 0.1) is 11.0 Å². The van der Waals surface area contributed by atoms with Crippen LogP contribution in [0.1, 0.15) is 83.0 Å². The van der Waals surface area contributed by atoms with E-state index in [9.17, 15) is 4.79 Å². The summed E-state index contributed by atoms with van der Waals surface area (Å²) in [6, 6.07) is 8.80. The van der Waals surface area contributed by atoms with Crippen LogP contribution in [-0.4, -0.2) is 33.4 Å². The van der Waals surface area contributed by atoms with Gasteiger partial charge in [0.15, 0.2) is 0 Å². The number of aromatic nitrogens is 2. The number of rotatable bonds is 4. The van der Waals surface area contributed by atoms with Gasteiger partial charge < -0.3 is 9.47 Å². The zero-order chi connectivity index (χ0) is 18.8. The van der Waals surface area contributed by atoms with Crippen LogP contribution in [0.15, 0.2) is 24.3 Å². The Morgan fingerprint density at radius 3 is 2.67 bits per heavy atom. The molecule has 2 aromatic rings. The smallest absolute Gasteiger partial charge is 0.222 e. The Bertz CT molecular complexity index is 788. The number of hydrogen-bond donors (Lipinski definition) is 0. The van der Waals surface area contributed by atoms with Crippen LogP contribution in [0.5, 0.6) is 0 Å². The van der Waals surface area contributed by atoms with E-state index in [2.05, 4.69) is 47.6 Å². The molecule has 1 aliphatic heterocycles. The summed E-state index contributed by atoms with van der Waals surface area (Å²) in [5.74, 6) is 2.51. The SMILES string of the molecule is CC(C)n1c(C2CCCN(C(=O)CC3CCCCC3)C2)nc2ccccc21. The van der Waals surface area contributed by atoms with Gasteiger partial charge in [0.25, 0.3) is 0 Å². The molecule has 1 atom stereocenters. The lowest BCUT2D eigenvalue weighted by atomic mass is 9.86. The highest BCUT2D eigenvalue weighted by molar-refractivity contribution is 5.77. The number of nitrogens with zero attached hydrogens (tertiary/aromatic N) is 3. The van der Waals surface area contributed by atoms with Crippen LogP contribution in [0, 0.1) is 5.92 Å². The van der Waals surface area contributed by atoms with Crippen molar-refractivity contribution >= 4 is 16.9 Å². The number of imidazole rings is 1. The van der Waals surface area contributed by atoms with E-state index in [1.807, 2.05) is 0 Å². The number of hydrogen-bond acceptors (Lipinski definition) is 2. The van der Waals surface area contributed by atoms with Crippen molar-refractivity contribution in [1.82, 2.24) is 14.5 Å². The Kier molecular flexibility index (Phi) is 5.51. The van der Waals surface area contributed by atoms with E-state index in [0.29, 0.717) is 23.8 Å². The predicted molar refractivity (Wildman–Crippen MR) is 110 cm³/mol. The normalized spacial score (nSPS) is 21.9. The van der Waals surface area contributed by atoms with Crippen molar-refractivity contribution in [3.8, 4) is 0 Å².